The van der Waals surface area contributed by atoms with Gasteiger partial charge in [0.25, 0.3) is 0 Å². The van der Waals surface area contributed by atoms with E-state index in [0.717, 1.165) is 98.9 Å². The molecule has 0 aliphatic heterocycles. The van der Waals surface area contributed by atoms with Gasteiger partial charge in [-0.1, -0.05) is 256 Å². The van der Waals surface area contributed by atoms with Crippen LogP contribution in [0.3, 0.4) is 0 Å². The summed E-state index contributed by atoms with van der Waals surface area (Å²) in [6, 6.07) is 102. The Morgan fingerprint density at radius 1 is 0.342 bits per heavy atom. The van der Waals surface area contributed by atoms with Gasteiger partial charge in [-0.3, -0.25) is 14.6 Å². The summed E-state index contributed by atoms with van der Waals surface area (Å²) in [7, 11) is 1.92. The summed E-state index contributed by atoms with van der Waals surface area (Å²) in [4.78, 5) is 33.3. The Balaban J connectivity index is 0.000000185. The fourth-order valence-corrected chi connectivity index (χ4v) is 13.8. The maximum atomic E-state index is 4.95. The zero-order valence-corrected chi connectivity index (χ0v) is 79.7. The molecule has 0 bridgehead atoms. The van der Waals surface area contributed by atoms with Crippen LogP contribution in [0.25, 0.3) is 124 Å². The van der Waals surface area contributed by atoms with Crippen LogP contribution in [0.4, 0.5) is 0 Å². The van der Waals surface area contributed by atoms with E-state index in [1.54, 1.807) is 0 Å². The Bertz CT molecular complexity index is 5590. The van der Waals surface area contributed by atoms with Crippen molar-refractivity contribution < 1.29 is 80.4 Å². The average Bonchev–Trinajstić information content (AvgIpc) is 1.77. The number of benzene rings is 10. The first-order chi connectivity index (χ1) is 54.0. The molecule has 5 aromatic heterocycles. The Hall–Kier alpha value is -9.34. The molecule has 0 atom stereocenters. The van der Waals surface area contributed by atoms with Crippen LogP contribution in [-0.2, 0) is 134 Å². The molecule has 13 heteroatoms. The van der Waals surface area contributed by atoms with Crippen LogP contribution in [0.1, 0.15) is 162 Å². The van der Waals surface area contributed by atoms with Gasteiger partial charge in [-0.05, 0) is 154 Å². The second-order valence-corrected chi connectivity index (χ2v) is 34.6. The van der Waals surface area contributed by atoms with E-state index in [1.165, 1.54) is 77.7 Å². The number of hydrogen-bond donors (Lipinski definition) is 0. The smallest absolute Gasteiger partial charge is 0.165 e. The summed E-state index contributed by atoms with van der Waals surface area (Å²) in [5.74, 6) is 3.68. The number of hydrogen-bond acceptors (Lipinski definition) is 8. The minimum atomic E-state index is 0. The van der Waals surface area contributed by atoms with Crippen LogP contribution in [0, 0.1) is 24.3 Å². The van der Waals surface area contributed by atoms with Gasteiger partial charge in [-0.2, -0.15) is 5.10 Å². The number of nitrogens with zero attached hydrogens (tertiary/aromatic N) is 9. The fourth-order valence-electron chi connectivity index (χ4n) is 13.8. The Morgan fingerprint density at radius 3 is 1.27 bits per heavy atom. The summed E-state index contributed by atoms with van der Waals surface area (Å²) in [6.07, 6.45) is 7.82. The van der Waals surface area contributed by atoms with E-state index >= 15 is 0 Å². The van der Waals surface area contributed by atoms with E-state index in [2.05, 4.69) is 319 Å². The van der Waals surface area contributed by atoms with Crippen molar-refractivity contribution in [2.45, 2.75) is 164 Å². The van der Waals surface area contributed by atoms with Gasteiger partial charge in [0, 0.05) is 123 Å². The maximum Gasteiger partial charge on any atom is 0.165 e. The number of pyridine rings is 3. The molecule has 0 spiro atoms. The van der Waals surface area contributed by atoms with Crippen molar-refractivity contribution in [2.24, 2.45) is 7.05 Å². The molecule has 1 aliphatic rings. The molecule has 15 aromatic rings. The summed E-state index contributed by atoms with van der Waals surface area (Å²) in [5.41, 5.74) is 28.0. The molecule has 0 amide bonds. The van der Waals surface area contributed by atoms with Crippen molar-refractivity contribution in [1.29, 1.82) is 0 Å². The third kappa shape index (κ3) is 23.1. The number of rotatable bonds is 11. The molecule has 117 heavy (non-hydrogen) atoms. The summed E-state index contributed by atoms with van der Waals surface area (Å²) in [5, 5.41) is 5.62. The topological polar surface area (TPSA) is 108 Å². The molecule has 1 aliphatic carbocycles. The minimum Gasteiger partial charge on any atom is -0.305 e. The van der Waals surface area contributed by atoms with E-state index in [-0.39, 0.29) is 107 Å². The predicted molar refractivity (Wildman–Crippen MR) is 469 cm³/mol. The zero-order chi connectivity index (χ0) is 79.8. The van der Waals surface area contributed by atoms with Gasteiger partial charge in [0.2, 0.25) is 0 Å². The molecular formula is C104H103Ir4N9-4. The van der Waals surface area contributed by atoms with Crippen molar-refractivity contribution in [3.8, 4) is 113 Å². The third-order valence-corrected chi connectivity index (χ3v) is 20.7. The summed E-state index contributed by atoms with van der Waals surface area (Å²) in [6.45, 7) is 35.7. The van der Waals surface area contributed by atoms with Gasteiger partial charge in [0.1, 0.15) is 5.82 Å². The van der Waals surface area contributed by atoms with E-state index in [9.17, 15) is 0 Å². The Labute approximate surface area is 748 Å². The van der Waals surface area contributed by atoms with Gasteiger partial charge in [0.05, 0.1) is 11.3 Å². The molecule has 4 radical (unpaired) electrons. The van der Waals surface area contributed by atoms with Crippen molar-refractivity contribution in [1.82, 2.24) is 44.7 Å². The second kappa shape index (κ2) is 39.5. The van der Waals surface area contributed by atoms with Gasteiger partial charge >= 0.3 is 0 Å². The van der Waals surface area contributed by atoms with Crippen molar-refractivity contribution in [2.75, 3.05) is 0 Å². The van der Waals surface area contributed by atoms with Gasteiger partial charge in [0.15, 0.2) is 17.5 Å². The van der Waals surface area contributed by atoms with Crippen LogP contribution in [0.15, 0.2) is 267 Å². The molecule has 16 rings (SSSR count). The molecule has 604 valence electrons. The quantitative estimate of drug-likeness (QED) is 0.118. The molecule has 0 saturated heterocycles. The maximum absolute atomic E-state index is 4.95. The zero-order valence-electron chi connectivity index (χ0n) is 70.1. The molecule has 5 heterocycles. The molecule has 10 aromatic carbocycles. The molecule has 0 unspecified atom stereocenters. The first-order valence-corrected chi connectivity index (χ1v) is 39.5. The molecule has 0 fully saturated rings. The fraction of sp³-hybridized carbons (Fsp3) is 0.250. The summed E-state index contributed by atoms with van der Waals surface area (Å²) < 4.78 is 1.82. The monoisotopic (exact) mass is 2250 g/mol. The van der Waals surface area contributed by atoms with Gasteiger partial charge < -0.3 is 9.97 Å². The van der Waals surface area contributed by atoms with E-state index in [4.69, 9.17) is 19.9 Å². The predicted octanol–water partition coefficient (Wildman–Crippen LogP) is 25.8. The summed E-state index contributed by atoms with van der Waals surface area (Å²) >= 11 is 0. The second-order valence-electron chi connectivity index (χ2n) is 34.6. The first-order valence-electron chi connectivity index (χ1n) is 39.5. The Morgan fingerprint density at radius 2 is 0.795 bits per heavy atom. The molecule has 9 nitrogen and oxygen atoms in total. The first kappa shape index (κ1) is 91.6. The minimum absolute atomic E-state index is 0. The van der Waals surface area contributed by atoms with E-state index in [1.807, 2.05) is 115 Å². The van der Waals surface area contributed by atoms with Crippen molar-refractivity contribution in [3.63, 3.8) is 0 Å². The van der Waals surface area contributed by atoms with E-state index < -0.39 is 0 Å². The normalized spacial score (nSPS) is 11.7. The number of aryl methyl sites for hydroxylation is 4. The molecule has 0 N–H and O–H groups in total. The van der Waals surface area contributed by atoms with Gasteiger partial charge in [-0.15, -0.1) is 143 Å². The van der Waals surface area contributed by atoms with Crippen LogP contribution in [0.2, 0.25) is 0 Å². The van der Waals surface area contributed by atoms with E-state index in [0.29, 0.717) is 17.5 Å². The third-order valence-electron chi connectivity index (χ3n) is 20.7. The van der Waals surface area contributed by atoms with Crippen LogP contribution < -0.4 is 0 Å². The Kier molecular flexibility index (Phi) is 30.9. The van der Waals surface area contributed by atoms with Crippen LogP contribution in [-0.4, -0.2) is 44.7 Å². The SMILES string of the molecule is CC(C)(C)c1ccc(-c2cc(-c3ccc(C(C)(C)C)cc3)cc(-c3cc[c-]c(-c4ccccn4)c3)c2)cc1.CC(C)(C)c1ccc(-c2nc(-c3ccc(C(C)(C)C)cc3)nc(-c3ccc(-c4[c-]cccc4)nc3)n2)cc1.CC(C)(C)c1ccc2nc3c(cc2c1)CCc1ccc[c-]c1-3.CCCc1nc(-c2[c-]cccc2)n(C)n1.[Ir].[Ir].[Ir].[Ir]. The number of fused-ring (bicyclic) bond motifs is 4. The number of aromatic nitrogens is 9. The largest absolute Gasteiger partial charge is 0.305 e. The van der Waals surface area contributed by atoms with Crippen LogP contribution in [0.5, 0.6) is 0 Å². The average molecular weight is 2250 g/mol. The van der Waals surface area contributed by atoms with Crippen molar-refractivity contribution in [3.05, 3.63) is 336 Å². The molecular weight excluding hydrogens is 2140 g/mol. The standard InChI is InChI=1S/C37H36N.C34H33N4.C21H20N.C12H14N3.4Ir/c1-36(2,3)33-17-13-26(14-18-33)30-23-31(27-15-19-34(20-16-27)37(4,5)6)25-32(24-30)28-10-9-11-29(22-28)35-12-7-8-21-38-35;1-33(2,3)27-17-12-24(13-18-27)30-36-31(25-14-19-28(20-15-25)34(4,5)6)38-32(37-30)26-16-21-29(35-22-26)23-10-8-7-9-11-23;1-21(2,3)17-10-11-19-16(13-17)12-15-9-8-14-6-4-5-7-18(14)20(15)22-19;1-3-7-11-13-12(15(2)14-11)10-8-5-4-6-9-10;;;;/h7-10,12-25H,1-6H3;7-10,12-22H,1-6H3;4-6,10-13H,8-9H2,1-3H3;4-6,8H,3,7H2,1-2H3;;;;/q4*-1;;;;. The molecule has 0 saturated carbocycles. The van der Waals surface area contributed by atoms with Crippen molar-refractivity contribution >= 4 is 10.9 Å². The van der Waals surface area contributed by atoms with Crippen LogP contribution >= 0.6 is 0 Å². The van der Waals surface area contributed by atoms with Gasteiger partial charge in [-0.25, -0.2) is 15.0 Å².